The number of anilines is 2. The number of carbonyl (C=O) groups excluding carboxylic acids is 1. The first-order valence-electron chi connectivity index (χ1n) is 10.8. The number of fused-ring (bicyclic) bond motifs is 1. The molecular weight excluding hydrogens is 376 g/mol. The minimum Gasteiger partial charge on any atom is -0.475 e. The van der Waals surface area contributed by atoms with E-state index in [0.717, 1.165) is 48.4 Å². The lowest BCUT2D eigenvalue weighted by atomic mass is 9.92. The maximum atomic E-state index is 12.4. The van der Waals surface area contributed by atoms with Gasteiger partial charge in [-0.2, -0.15) is 0 Å². The van der Waals surface area contributed by atoms with Crippen LogP contribution in [-0.4, -0.2) is 28.5 Å². The number of aromatic nitrogens is 2. The number of ether oxygens (including phenoxy) is 1. The average Bonchev–Trinajstić information content (AvgIpc) is 2.62. The van der Waals surface area contributed by atoms with E-state index < -0.39 is 0 Å². The average molecular weight is 411 g/mol. The molecule has 0 bridgehead atoms. The van der Waals surface area contributed by atoms with E-state index in [-0.39, 0.29) is 17.4 Å². The van der Waals surface area contributed by atoms with Crippen LogP contribution in [0.3, 0.4) is 0 Å². The maximum Gasteiger partial charge on any atom is 0.226 e. The molecule has 6 heteroatoms. The summed E-state index contributed by atoms with van der Waals surface area (Å²) in [6, 6.07) is 6.15. The Bertz CT molecular complexity index is 885. The molecule has 1 amide bonds. The molecule has 0 aliphatic carbocycles. The van der Waals surface area contributed by atoms with E-state index in [2.05, 4.69) is 48.1 Å². The van der Waals surface area contributed by atoms with Gasteiger partial charge in [0.15, 0.2) is 0 Å². The van der Waals surface area contributed by atoms with E-state index in [1.165, 1.54) is 0 Å². The summed E-state index contributed by atoms with van der Waals surface area (Å²) >= 11 is 0. The number of carbonyl (C=O) groups is 1. The fourth-order valence-electron chi connectivity index (χ4n) is 3.64. The second kappa shape index (κ2) is 9.02. The van der Waals surface area contributed by atoms with Gasteiger partial charge in [-0.05, 0) is 56.2 Å². The van der Waals surface area contributed by atoms with Crippen LogP contribution in [-0.2, 0) is 17.8 Å². The molecule has 0 fully saturated rings. The first-order chi connectivity index (χ1) is 14.1. The Balaban J connectivity index is 1.74. The summed E-state index contributed by atoms with van der Waals surface area (Å²) in [5, 5.41) is 3.01. The highest BCUT2D eigenvalue weighted by Crippen LogP contribution is 2.31. The minimum atomic E-state index is -0.0488. The van der Waals surface area contributed by atoms with Crippen LogP contribution in [0, 0.1) is 12.3 Å². The molecule has 0 saturated carbocycles. The maximum absolute atomic E-state index is 12.4. The Labute approximate surface area is 180 Å². The molecule has 0 aromatic carbocycles. The third kappa shape index (κ3) is 5.94. The summed E-state index contributed by atoms with van der Waals surface area (Å²) < 4.78 is 5.64. The number of hydrogen-bond donors (Lipinski definition) is 1. The molecule has 1 aliphatic heterocycles. The van der Waals surface area contributed by atoms with Crippen LogP contribution in [0.2, 0.25) is 0 Å². The zero-order valence-corrected chi connectivity index (χ0v) is 19.1. The van der Waals surface area contributed by atoms with Crippen LogP contribution in [0.1, 0.15) is 64.3 Å². The van der Waals surface area contributed by atoms with Crippen molar-refractivity contribution in [2.24, 2.45) is 5.41 Å². The quantitative estimate of drug-likeness (QED) is 0.734. The number of aryl methyl sites for hydroxylation is 2. The predicted octanol–water partition coefficient (Wildman–Crippen LogP) is 4.90. The van der Waals surface area contributed by atoms with Crippen molar-refractivity contribution in [3.8, 4) is 5.88 Å². The van der Waals surface area contributed by atoms with E-state index in [1.807, 2.05) is 33.0 Å². The molecular formula is C24H34N4O2. The lowest BCUT2D eigenvalue weighted by Gasteiger charge is -2.31. The Kier molecular flexibility index (Phi) is 6.64. The highest BCUT2D eigenvalue weighted by Gasteiger charge is 2.22. The standard InChI is InChI=1S/C24H34N4O2/c1-16(2)30-22-10-9-18(14-25-22)15-28-11-7-8-19-20(28)12-17(3)23(26-19)27-21(29)13-24(4,5)6/h9-10,12,14,16H,7-8,11,13,15H2,1-6H3,(H,26,27,29). The van der Waals surface area contributed by atoms with Crippen molar-refractivity contribution in [2.75, 3.05) is 16.8 Å². The number of nitrogens with zero attached hydrogens (tertiary/aromatic N) is 3. The van der Waals surface area contributed by atoms with Gasteiger partial charge in [0, 0.05) is 31.8 Å². The third-order valence-corrected chi connectivity index (χ3v) is 4.93. The summed E-state index contributed by atoms with van der Waals surface area (Å²) in [5.41, 5.74) is 4.27. The van der Waals surface area contributed by atoms with E-state index in [9.17, 15) is 4.79 Å². The van der Waals surface area contributed by atoms with E-state index in [1.54, 1.807) is 0 Å². The first kappa shape index (κ1) is 22.1. The predicted molar refractivity (Wildman–Crippen MR) is 121 cm³/mol. The fraction of sp³-hybridized carbons (Fsp3) is 0.542. The Morgan fingerprint density at radius 2 is 2.07 bits per heavy atom. The molecule has 3 rings (SSSR count). The van der Waals surface area contributed by atoms with Crippen molar-refractivity contribution in [3.05, 3.63) is 41.2 Å². The normalized spacial score (nSPS) is 13.9. The van der Waals surface area contributed by atoms with Crippen molar-refractivity contribution in [3.63, 3.8) is 0 Å². The SMILES string of the molecule is Cc1cc2c(nc1NC(=O)CC(C)(C)C)CCCN2Cc1ccc(OC(C)C)nc1. The number of hydrogen-bond acceptors (Lipinski definition) is 5. The molecule has 0 saturated heterocycles. The van der Waals surface area contributed by atoms with E-state index >= 15 is 0 Å². The van der Waals surface area contributed by atoms with Gasteiger partial charge < -0.3 is 15.0 Å². The van der Waals surface area contributed by atoms with Gasteiger partial charge in [0.05, 0.1) is 17.5 Å². The second-order valence-electron chi connectivity index (χ2n) is 9.60. The summed E-state index contributed by atoms with van der Waals surface area (Å²) in [7, 11) is 0. The molecule has 0 spiro atoms. The van der Waals surface area contributed by atoms with E-state index in [4.69, 9.17) is 9.72 Å². The Morgan fingerprint density at radius 1 is 1.30 bits per heavy atom. The van der Waals surface area contributed by atoms with Gasteiger partial charge in [-0.25, -0.2) is 9.97 Å². The van der Waals surface area contributed by atoms with Gasteiger partial charge in [-0.15, -0.1) is 0 Å². The number of nitrogens with one attached hydrogen (secondary N) is 1. The molecule has 0 unspecified atom stereocenters. The molecule has 6 nitrogen and oxygen atoms in total. The zero-order chi connectivity index (χ0) is 21.9. The van der Waals surface area contributed by atoms with Crippen LogP contribution < -0.4 is 15.0 Å². The second-order valence-corrected chi connectivity index (χ2v) is 9.60. The molecule has 0 atom stereocenters. The molecule has 3 heterocycles. The summed E-state index contributed by atoms with van der Waals surface area (Å²) in [5.74, 6) is 1.35. The molecule has 30 heavy (non-hydrogen) atoms. The first-order valence-corrected chi connectivity index (χ1v) is 10.8. The number of pyridine rings is 2. The summed E-state index contributed by atoms with van der Waals surface area (Å²) in [4.78, 5) is 24.0. The topological polar surface area (TPSA) is 67.4 Å². The fourth-order valence-corrected chi connectivity index (χ4v) is 3.64. The van der Waals surface area contributed by atoms with Crippen molar-refractivity contribution in [2.45, 2.75) is 73.5 Å². The van der Waals surface area contributed by atoms with Gasteiger partial charge in [0.25, 0.3) is 0 Å². The van der Waals surface area contributed by atoms with Gasteiger partial charge >= 0.3 is 0 Å². The van der Waals surface area contributed by atoms with Crippen molar-refractivity contribution in [1.82, 2.24) is 9.97 Å². The molecule has 2 aromatic heterocycles. The highest BCUT2D eigenvalue weighted by molar-refractivity contribution is 5.91. The van der Waals surface area contributed by atoms with Gasteiger partial charge in [0.2, 0.25) is 11.8 Å². The van der Waals surface area contributed by atoms with Crippen LogP contribution >= 0.6 is 0 Å². The van der Waals surface area contributed by atoms with Crippen molar-refractivity contribution < 1.29 is 9.53 Å². The third-order valence-electron chi connectivity index (χ3n) is 4.93. The van der Waals surface area contributed by atoms with Crippen LogP contribution in [0.25, 0.3) is 0 Å². The highest BCUT2D eigenvalue weighted by atomic mass is 16.5. The van der Waals surface area contributed by atoms with Gasteiger partial charge in [-0.3, -0.25) is 4.79 Å². The molecule has 2 aromatic rings. The molecule has 1 aliphatic rings. The lowest BCUT2D eigenvalue weighted by Crippen LogP contribution is -2.30. The molecule has 0 radical (unpaired) electrons. The summed E-state index contributed by atoms with van der Waals surface area (Å²) in [6.07, 6.45) is 4.44. The van der Waals surface area contributed by atoms with Gasteiger partial charge in [0.1, 0.15) is 5.82 Å². The Morgan fingerprint density at radius 3 is 2.70 bits per heavy atom. The summed E-state index contributed by atoms with van der Waals surface area (Å²) in [6.45, 7) is 13.9. The van der Waals surface area contributed by atoms with Crippen molar-refractivity contribution >= 4 is 17.4 Å². The Hall–Kier alpha value is -2.63. The van der Waals surface area contributed by atoms with E-state index in [0.29, 0.717) is 18.1 Å². The van der Waals surface area contributed by atoms with Gasteiger partial charge in [-0.1, -0.05) is 26.8 Å². The van der Waals surface area contributed by atoms with Crippen LogP contribution in [0.4, 0.5) is 11.5 Å². The van der Waals surface area contributed by atoms with Crippen LogP contribution in [0.15, 0.2) is 24.4 Å². The monoisotopic (exact) mass is 410 g/mol. The number of amides is 1. The zero-order valence-electron chi connectivity index (χ0n) is 19.1. The molecule has 1 N–H and O–H groups in total. The number of rotatable bonds is 6. The van der Waals surface area contributed by atoms with Crippen LogP contribution in [0.5, 0.6) is 5.88 Å². The van der Waals surface area contributed by atoms with Crippen molar-refractivity contribution in [1.29, 1.82) is 0 Å². The lowest BCUT2D eigenvalue weighted by molar-refractivity contribution is -0.117. The minimum absolute atomic E-state index is 0.0143. The smallest absolute Gasteiger partial charge is 0.226 e. The molecule has 162 valence electrons. The largest absolute Gasteiger partial charge is 0.475 e.